The number of amides is 1. The number of nitrogens with one attached hydrogen (secondary N) is 1. The zero-order valence-electron chi connectivity index (χ0n) is 12.7. The van der Waals surface area contributed by atoms with Gasteiger partial charge >= 0.3 is 0 Å². The van der Waals surface area contributed by atoms with Gasteiger partial charge in [0.05, 0.1) is 16.3 Å². The number of sulfonamides is 1. The average Bonchev–Trinajstić information content (AvgIpc) is 2.45. The summed E-state index contributed by atoms with van der Waals surface area (Å²) in [5.74, 6) is -0.355. The summed E-state index contributed by atoms with van der Waals surface area (Å²) in [7, 11) is -0.851. The molecule has 5 nitrogen and oxygen atoms in total. The van der Waals surface area contributed by atoms with Crippen LogP contribution in [0.4, 0.5) is 5.69 Å². The van der Waals surface area contributed by atoms with Gasteiger partial charge in [-0.2, -0.15) is 0 Å². The van der Waals surface area contributed by atoms with Gasteiger partial charge in [0.15, 0.2) is 0 Å². The van der Waals surface area contributed by atoms with E-state index in [1.165, 1.54) is 35.2 Å². The first-order valence-electron chi connectivity index (χ1n) is 6.61. The normalized spacial score (nSPS) is 11.2. The maximum Gasteiger partial charge on any atom is 0.263 e. The molecule has 0 fully saturated rings. The molecule has 0 radical (unpaired) electrons. The van der Waals surface area contributed by atoms with Crippen LogP contribution in [0.3, 0.4) is 0 Å². The number of anilines is 1. The lowest BCUT2D eigenvalue weighted by atomic mass is 10.1. The van der Waals surface area contributed by atoms with Crippen molar-refractivity contribution in [1.82, 2.24) is 4.90 Å². The van der Waals surface area contributed by atoms with Gasteiger partial charge in [0.2, 0.25) is 0 Å². The third-order valence-corrected chi connectivity index (χ3v) is 5.62. The number of nitrogens with zero attached hydrogens (tertiary/aromatic N) is 1. The van der Waals surface area contributed by atoms with Gasteiger partial charge in [0.25, 0.3) is 15.9 Å². The van der Waals surface area contributed by atoms with Crippen LogP contribution in [0.5, 0.6) is 0 Å². The Kier molecular flexibility index (Phi) is 5.80. The lowest BCUT2D eigenvalue weighted by molar-refractivity contribution is 0.0828. The topological polar surface area (TPSA) is 66.5 Å². The van der Waals surface area contributed by atoms with Crippen molar-refractivity contribution in [2.24, 2.45) is 0 Å². The molecular formula is C15H13BrCl2N2O3S. The monoisotopic (exact) mass is 450 g/mol. The predicted octanol–water partition coefficient (Wildman–Crippen LogP) is 4.26. The fourth-order valence-corrected chi connectivity index (χ4v) is 4.20. The first-order valence-corrected chi connectivity index (χ1v) is 9.64. The highest BCUT2D eigenvalue weighted by atomic mass is 79.9. The second-order valence-electron chi connectivity index (χ2n) is 5.07. The smallest absolute Gasteiger partial charge is 0.263 e. The van der Waals surface area contributed by atoms with Crippen LogP contribution < -0.4 is 4.72 Å². The first kappa shape index (κ1) is 19.1. The summed E-state index contributed by atoms with van der Waals surface area (Å²) in [4.78, 5) is 13.5. The largest absolute Gasteiger partial charge is 0.345 e. The van der Waals surface area contributed by atoms with Crippen LogP contribution >= 0.6 is 39.1 Å². The fraction of sp³-hybridized carbons (Fsp3) is 0.133. The van der Waals surface area contributed by atoms with Gasteiger partial charge in [-0.15, -0.1) is 0 Å². The summed E-state index contributed by atoms with van der Waals surface area (Å²) >= 11 is 15.2. The van der Waals surface area contributed by atoms with Crippen LogP contribution in [0.15, 0.2) is 45.8 Å². The van der Waals surface area contributed by atoms with Gasteiger partial charge in [-0.3, -0.25) is 9.52 Å². The third-order valence-electron chi connectivity index (χ3n) is 3.05. The maximum atomic E-state index is 12.6. The van der Waals surface area contributed by atoms with E-state index >= 15 is 0 Å². The standard InChI is InChI=1S/C15H13BrCl2N2O3S/c1-20(2)15(21)11-5-4-10(17)8-13(11)19-24(22,23)14-6-3-9(16)7-12(14)18/h3-8,19H,1-2H3. The maximum absolute atomic E-state index is 12.6. The molecule has 0 aliphatic carbocycles. The zero-order chi connectivity index (χ0) is 18.1. The van der Waals surface area contributed by atoms with E-state index in [2.05, 4.69) is 20.7 Å². The quantitative estimate of drug-likeness (QED) is 0.755. The number of carbonyl (C=O) groups excluding carboxylic acids is 1. The molecule has 2 rings (SSSR count). The third kappa shape index (κ3) is 4.22. The molecule has 2 aromatic carbocycles. The van der Waals surface area contributed by atoms with E-state index in [-0.39, 0.29) is 27.1 Å². The molecule has 24 heavy (non-hydrogen) atoms. The molecule has 128 valence electrons. The van der Waals surface area contributed by atoms with E-state index in [1.807, 2.05) is 0 Å². The lowest BCUT2D eigenvalue weighted by Gasteiger charge is -2.16. The van der Waals surface area contributed by atoms with Crippen molar-refractivity contribution < 1.29 is 13.2 Å². The Balaban J connectivity index is 2.50. The predicted molar refractivity (Wildman–Crippen MR) is 99.4 cm³/mol. The highest BCUT2D eigenvalue weighted by molar-refractivity contribution is 9.10. The highest BCUT2D eigenvalue weighted by Gasteiger charge is 2.22. The molecule has 0 unspecified atom stereocenters. The van der Waals surface area contributed by atoms with E-state index in [0.717, 1.165) is 0 Å². The van der Waals surface area contributed by atoms with E-state index in [4.69, 9.17) is 23.2 Å². The van der Waals surface area contributed by atoms with E-state index in [0.29, 0.717) is 9.50 Å². The number of hydrogen-bond donors (Lipinski definition) is 1. The second kappa shape index (κ2) is 7.31. The summed E-state index contributed by atoms with van der Waals surface area (Å²) in [6.07, 6.45) is 0. The Morgan fingerprint density at radius 1 is 1.12 bits per heavy atom. The van der Waals surface area contributed by atoms with Crippen LogP contribution in [-0.2, 0) is 10.0 Å². The SMILES string of the molecule is CN(C)C(=O)c1ccc(Cl)cc1NS(=O)(=O)c1ccc(Br)cc1Cl. The number of halogens is 3. The van der Waals surface area contributed by atoms with Crippen molar-refractivity contribution in [3.8, 4) is 0 Å². The van der Waals surface area contributed by atoms with Gasteiger partial charge in [-0.05, 0) is 36.4 Å². The number of carbonyl (C=O) groups is 1. The molecule has 0 atom stereocenters. The van der Waals surface area contributed by atoms with Gasteiger partial charge in [-0.1, -0.05) is 39.1 Å². The van der Waals surface area contributed by atoms with E-state index in [1.54, 1.807) is 20.2 Å². The molecule has 9 heteroatoms. The lowest BCUT2D eigenvalue weighted by Crippen LogP contribution is -2.24. The van der Waals surface area contributed by atoms with Crippen molar-refractivity contribution in [3.05, 3.63) is 56.5 Å². The summed E-state index contributed by atoms with van der Waals surface area (Å²) in [6, 6.07) is 8.76. The Labute approximate surface area is 158 Å². The van der Waals surface area contributed by atoms with Crippen molar-refractivity contribution >= 4 is 60.7 Å². The molecule has 0 aliphatic heterocycles. The highest BCUT2D eigenvalue weighted by Crippen LogP contribution is 2.29. The van der Waals surface area contributed by atoms with Gasteiger partial charge in [0, 0.05) is 23.6 Å². The van der Waals surface area contributed by atoms with Gasteiger partial charge < -0.3 is 4.90 Å². The average molecular weight is 452 g/mol. The van der Waals surface area contributed by atoms with Crippen molar-refractivity contribution in [1.29, 1.82) is 0 Å². The zero-order valence-corrected chi connectivity index (χ0v) is 16.6. The molecule has 2 aromatic rings. The molecule has 0 spiro atoms. The van der Waals surface area contributed by atoms with E-state index < -0.39 is 10.0 Å². The van der Waals surface area contributed by atoms with Crippen LogP contribution in [0, 0.1) is 0 Å². The first-order chi connectivity index (χ1) is 11.1. The summed E-state index contributed by atoms with van der Waals surface area (Å²) in [5, 5.41) is 0.351. The molecule has 0 saturated carbocycles. The minimum atomic E-state index is -3.99. The van der Waals surface area contributed by atoms with Crippen molar-refractivity contribution in [2.75, 3.05) is 18.8 Å². The van der Waals surface area contributed by atoms with Crippen LogP contribution in [-0.4, -0.2) is 33.3 Å². The van der Waals surface area contributed by atoms with Crippen molar-refractivity contribution in [2.45, 2.75) is 4.90 Å². The molecular weight excluding hydrogens is 439 g/mol. The number of hydrogen-bond acceptors (Lipinski definition) is 3. The Hall–Kier alpha value is -1.28. The Morgan fingerprint density at radius 2 is 1.79 bits per heavy atom. The Bertz CT molecular complexity index is 902. The van der Waals surface area contributed by atoms with Gasteiger partial charge in [-0.25, -0.2) is 8.42 Å². The molecule has 0 saturated heterocycles. The summed E-state index contributed by atoms with van der Waals surface area (Å²) < 4.78 is 28.3. The molecule has 0 aromatic heterocycles. The molecule has 0 heterocycles. The summed E-state index contributed by atoms with van der Waals surface area (Å²) in [6.45, 7) is 0. The minimum absolute atomic E-state index is 0.0550. The molecule has 0 bridgehead atoms. The summed E-state index contributed by atoms with van der Waals surface area (Å²) in [5.41, 5.74) is 0.265. The second-order valence-corrected chi connectivity index (χ2v) is 8.48. The van der Waals surface area contributed by atoms with Crippen LogP contribution in [0.1, 0.15) is 10.4 Å². The minimum Gasteiger partial charge on any atom is -0.345 e. The molecule has 1 N–H and O–H groups in total. The number of benzene rings is 2. The molecule has 1 amide bonds. The fourth-order valence-electron chi connectivity index (χ4n) is 1.92. The van der Waals surface area contributed by atoms with Crippen LogP contribution in [0.2, 0.25) is 10.0 Å². The number of rotatable bonds is 4. The van der Waals surface area contributed by atoms with E-state index in [9.17, 15) is 13.2 Å². The van der Waals surface area contributed by atoms with Crippen molar-refractivity contribution in [3.63, 3.8) is 0 Å². The Morgan fingerprint density at radius 3 is 2.38 bits per heavy atom. The van der Waals surface area contributed by atoms with Crippen LogP contribution in [0.25, 0.3) is 0 Å². The van der Waals surface area contributed by atoms with Gasteiger partial charge in [0.1, 0.15) is 4.90 Å². The molecule has 0 aliphatic rings.